The fraction of sp³-hybridized carbons (Fsp3) is 0.667. The summed E-state index contributed by atoms with van der Waals surface area (Å²) in [6, 6.07) is -0.683. The SMILES string of the molecule is CCOC(=O)CCNC(=O)NC(=O)CCCCC(=O)O. The van der Waals surface area contributed by atoms with Crippen molar-refractivity contribution in [1.82, 2.24) is 10.6 Å². The first-order valence-corrected chi connectivity index (χ1v) is 6.40. The molecule has 0 aromatic rings. The van der Waals surface area contributed by atoms with E-state index in [0.717, 1.165) is 0 Å². The van der Waals surface area contributed by atoms with Gasteiger partial charge in [-0.2, -0.15) is 0 Å². The molecule has 8 heteroatoms. The first kappa shape index (κ1) is 17.9. The fourth-order valence-corrected chi connectivity index (χ4v) is 1.31. The Morgan fingerprint density at radius 2 is 1.70 bits per heavy atom. The number of hydrogen-bond acceptors (Lipinski definition) is 5. The molecule has 0 aliphatic heterocycles. The minimum Gasteiger partial charge on any atom is -0.481 e. The molecule has 3 N–H and O–H groups in total. The maximum atomic E-state index is 11.3. The van der Waals surface area contributed by atoms with Gasteiger partial charge in [-0.15, -0.1) is 0 Å². The number of carbonyl (C=O) groups excluding carboxylic acids is 3. The smallest absolute Gasteiger partial charge is 0.321 e. The van der Waals surface area contributed by atoms with E-state index in [2.05, 4.69) is 15.4 Å². The van der Waals surface area contributed by atoms with Gasteiger partial charge in [0, 0.05) is 19.4 Å². The van der Waals surface area contributed by atoms with E-state index in [1.54, 1.807) is 6.92 Å². The number of urea groups is 1. The summed E-state index contributed by atoms with van der Waals surface area (Å²) in [5.74, 6) is -1.82. The average molecular weight is 288 g/mol. The first-order chi connectivity index (χ1) is 9.45. The first-order valence-electron chi connectivity index (χ1n) is 6.40. The number of nitrogens with one attached hydrogen (secondary N) is 2. The molecule has 114 valence electrons. The summed E-state index contributed by atoms with van der Waals surface area (Å²) in [5.41, 5.74) is 0. The van der Waals surface area contributed by atoms with Crippen molar-refractivity contribution in [3.8, 4) is 0 Å². The van der Waals surface area contributed by atoms with Crippen LogP contribution in [0.15, 0.2) is 0 Å². The van der Waals surface area contributed by atoms with Crippen LogP contribution in [0.3, 0.4) is 0 Å². The molecule has 8 nitrogen and oxygen atoms in total. The monoisotopic (exact) mass is 288 g/mol. The summed E-state index contributed by atoms with van der Waals surface area (Å²) in [7, 11) is 0. The number of unbranched alkanes of at least 4 members (excludes halogenated alkanes) is 1. The van der Waals surface area contributed by atoms with Gasteiger partial charge in [0.2, 0.25) is 5.91 Å². The number of carbonyl (C=O) groups is 4. The van der Waals surface area contributed by atoms with Gasteiger partial charge in [0.25, 0.3) is 0 Å². The second-order valence-corrected chi connectivity index (χ2v) is 3.96. The molecular weight excluding hydrogens is 268 g/mol. The van der Waals surface area contributed by atoms with Crippen molar-refractivity contribution < 1.29 is 29.0 Å². The fourth-order valence-electron chi connectivity index (χ4n) is 1.31. The Labute approximate surface area is 116 Å². The Kier molecular flexibility index (Phi) is 9.63. The van der Waals surface area contributed by atoms with Crippen molar-refractivity contribution in [3.63, 3.8) is 0 Å². The number of hydrogen-bond donors (Lipinski definition) is 3. The number of rotatable bonds is 9. The van der Waals surface area contributed by atoms with Crippen LogP contribution in [0.5, 0.6) is 0 Å². The number of carboxylic acid groups (broad SMARTS) is 1. The highest BCUT2D eigenvalue weighted by atomic mass is 16.5. The van der Waals surface area contributed by atoms with Crippen molar-refractivity contribution in [3.05, 3.63) is 0 Å². The summed E-state index contributed by atoms with van der Waals surface area (Å²) in [5, 5.41) is 12.8. The van der Waals surface area contributed by atoms with Crippen LogP contribution in [0, 0.1) is 0 Å². The number of aliphatic carboxylic acids is 1. The van der Waals surface area contributed by atoms with Crippen LogP contribution in [0.4, 0.5) is 4.79 Å². The van der Waals surface area contributed by atoms with Gasteiger partial charge >= 0.3 is 18.0 Å². The molecule has 0 saturated heterocycles. The topological polar surface area (TPSA) is 122 Å². The maximum absolute atomic E-state index is 11.3. The number of carboxylic acids is 1. The van der Waals surface area contributed by atoms with Gasteiger partial charge in [0.05, 0.1) is 13.0 Å². The third-order valence-electron chi connectivity index (χ3n) is 2.22. The number of ether oxygens (including phenoxy) is 1. The van der Waals surface area contributed by atoms with Gasteiger partial charge in [0.15, 0.2) is 0 Å². The van der Waals surface area contributed by atoms with E-state index >= 15 is 0 Å². The van der Waals surface area contributed by atoms with Crippen molar-refractivity contribution in [2.45, 2.75) is 39.0 Å². The van der Waals surface area contributed by atoms with Gasteiger partial charge in [-0.05, 0) is 19.8 Å². The van der Waals surface area contributed by atoms with Crippen LogP contribution in [-0.4, -0.2) is 42.1 Å². The van der Waals surface area contributed by atoms with Crippen LogP contribution in [0.25, 0.3) is 0 Å². The lowest BCUT2D eigenvalue weighted by Gasteiger charge is -2.06. The molecule has 0 bridgehead atoms. The Hall–Kier alpha value is -2.12. The second kappa shape index (κ2) is 10.8. The summed E-state index contributed by atoms with van der Waals surface area (Å²) in [6.45, 7) is 2.04. The van der Waals surface area contributed by atoms with E-state index in [1.165, 1.54) is 0 Å². The normalized spacial score (nSPS) is 9.65. The molecule has 0 unspecified atom stereocenters. The molecule has 0 aromatic heterocycles. The molecule has 0 aliphatic carbocycles. The highest BCUT2D eigenvalue weighted by Crippen LogP contribution is 1.99. The molecule has 3 amide bonds. The minimum atomic E-state index is -0.915. The quantitative estimate of drug-likeness (QED) is 0.417. The van der Waals surface area contributed by atoms with E-state index in [-0.39, 0.29) is 32.4 Å². The lowest BCUT2D eigenvalue weighted by molar-refractivity contribution is -0.143. The van der Waals surface area contributed by atoms with Gasteiger partial charge in [-0.25, -0.2) is 4.79 Å². The molecule has 20 heavy (non-hydrogen) atoms. The van der Waals surface area contributed by atoms with Crippen molar-refractivity contribution in [2.75, 3.05) is 13.2 Å². The van der Waals surface area contributed by atoms with Gasteiger partial charge in [-0.3, -0.25) is 19.7 Å². The van der Waals surface area contributed by atoms with Crippen LogP contribution in [0.2, 0.25) is 0 Å². The highest BCUT2D eigenvalue weighted by molar-refractivity contribution is 5.94. The summed E-state index contributed by atoms with van der Waals surface area (Å²) in [4.78, 5) is 43.7. The third kappa shape index (κ3) is 11.0. The molecular formula is C12H20N2O6. The molecule has 0 aliphatic rings. The molecule has 0 saturated carbocycles. The predicted molar refractivity (Wildman–Crippen MR) is 68.9 cm³/mol. The lowest BCUT2D eigenvalue weighted by Crippen LogP contribution is -2.40. The van der Waals surface area contributed by atoms with Crippen molar-refractivity contribution in [2.24, 2.45) is 0 Å². The Balaban J connectivity index is 3.62. The van der Waals surface area contributed by atoms with E-state index in [0.29, 0.717) is 12.8 Å². The molecule has 0 atom stereocenters. The Morgan fingerprint density at radius 3 is 2.30 bits per heavy atom. The van der Waals surface area contributed by atoms with E-state index in [9.17, 15) is 19.2 Å². The zero-order chi connectivity index (χ0) is 15.4. The lowest BCUT2D eigenvalue weighted by atomic mass is 10.2. The van der Waals surface area contributed by atoms with Crippen LogP contribution < -0.4 is 10.6 Å². The molecule has 0 spiro atoms. The van der Waals surface area contributed by atoms with E-state index in [4.69, 9.17) is 5.11 Å². The third-order valence-corrected chi connectivity index (χ3v) is 2.22. The summed E-state index contributed by atoms with van der Waals surface area (Å²) < 4.78 is 4.66. The standard InChI is InChI=1S/C12H20N2O6/c1-2-20-11(18)7-8-13-12(19)14-9(15)5-3-4-6-10(16)17/h2-8H2,1H3,(H,16,17)(H2,13,14,15,19). The highest BCUT2D eigenvalue weighted by Gasteiger charge is 2.08. The van der Waals surface area contributed by atoms with Crippen LogP contribution >= 0.6 is 0 Å². The zero-order valence-corrected chi connectivity index (χ0v) is 11.4. The zero-order valence-electron chi connectivity index (χ0n) is 11.4. The maximum Gasteiger partial charge on any atom is 0.321 e. The second-order valence-electron chi connectivity index (χ2n) is 3.96. The minimum absolute atomic E-state index is 0.000976. The Morgan fingerprint density at radius 1 is 1.05 bits per heavy atom. The largest absolute Gasteiger partial charge is 0.481 e. The molecule has 0 radical (unpaired) electrons. The molecule has 0 aromatic carbocycles. The summed E-state index contributed by atoms with van der Waals surface area (Å²) in [6.07, 6.45) is 0.896. The Bertz CT molecular complexity index is 356. The van der Waals surface area contributed by atoms with E-state index < -0.39 is 23.9 Å². The van der Waals surface area contributed by atoms with Crippen LogP contribution in [-0.2, 0) is 19.1 Å². The predicted octanol–water partition coefficient (Wildman–Crippen LogP) is 0.410. The number of esters is 1. The molecule has 0 fully saturated rings. The average Bonchev–Trinajstić information content (AvgIpc) is 2.34. The van der Waals surface area contributed by atoms with Gasteiger partial charge in [0.1, 0.15) is 0 Å². The molecule has 0 heterocycles. The van der Waals surface area contributed by atoms with Crippen LogP contribution in [0.1, 0.15) is 39.0 Å². The molecule has 0 rings (SSSR count). The number of amides is 3. The van der Waals surface area contributed by atoms with E-state index in [1.807, 2.05) is 0 Å². The van der Waals surface area contributed by atoms with Gasteiger partial charge < -0.3 is 15.2 Å². The van der Waals surface area contributed by atoms with Crippen molar-refractivity contribution >= 4 is 23.9 Å². The summed E-state index contributed by atoms with van der Waals surface area (Å²) >= 11 is 0. The van der Waals surface area contributed by atoms with Crippen molar-refractivity contribution in [1.29, 1.82) is 0 Å². The number of imide groups is 1. The van der Waals surface area contributed by atoms with Gasteiger partial charge in [-0.1, -0.05) is 0 Å².